The predicted octanol–water partition coefficient (Wildman–Crippen LogP) is 3.64. The van der Waals surface area contributed by atoms with Crippen LogP contribution in [0.15, 0.2) is 36.4 Å². The molecule has 0 aliphatic heterocycles. The van der Waals surface area contributed by atoms with Gasteiger partial charge in [-0.2, -0.15) is 0 Å². The van der Waals surface area contributed by atoms with Crippen LogP contribution in [0.2, 0.25) is 0 Å². The van der Waals surface area contributed by atoms with Gasteiger partial charge in [0.25, 0.3) is 0 Å². The van der Waals surface area contributed by atoms with Crippen molar-refractivity contribution in [2.45, 2.75) is 25.7 Å². The van der Waals surface area contributed by atoms with Gasteiger partial charge in [-0.05, 0) is 48.9 Å². The van der Waals surface area contributed by atoms with Gasteiger partial charge in [0.05, 0.1) is 0 Å². The molecule has 0 radical (unpaired) electrons. The van der Waals surface area contributed by atoms with Crippen LogP contribution in [0.1, 0.15) is 24.0 Å². The van der Waals surface area contributed by atoms with E-state index in [1.165, 1.54) is 0 Å². The fourth-order valence-corrected chi connectivity index (χ4v) is 2.80. The van der Waals surface area contributed by atoms with Crippen LogP contribution in [0.4, 0.5) is 0 Å². The third-order valence-electron chi connectivity index (χ3n) is 3.65. The lowest BCUT2D eigenvalue weighted by molar-refractivity contribution is 0.467. The summed E-state index contributed by atoms with van der Waals surface area (Å²) in [6.45, 7) is 0. The molecule has 0 heterocycles. The molecule has 0 bridgehead atoms. The SMILES string of the molecule is Oc1cccc2c1-c1c(O)cccc1CCCC2. The van der Waals surface area contributed by atoms with Gasteiger partial charge in [0.1, 0.15) is 11.5 Å². The van der Waals surface area contributed by atoms with Crippen molar-refractivity contribution in [3.63, 3.8) is 0 Å². The van der Waals surface area contributed by atoms with Crippen molar-refractivity contribution >= 4 is 0 Å². The van der Waals surface area contributed by atoms with Gasteiger partial charge in [-0.15, -0.1) is 0 Å². The molecule has 18 heavy (non-hydrogen) atoms. The average Bonchev–Trinajstić information content (AvgIpc) is 2.33. The molecule has 2 heteroatoms. The summed E-state index contributed by atoms with van der Waals surface area (Å²) in [6.07, 6.45) is 4.14. The van der Waals surface area contributed by atoms with Crippen molar-refractivity contribution in [3.05, 3.63) is 47.5 Å². The molecule has 0 amide bonds. The van der Waals surface area contributed by atoms with Crippen LogP contribution in [0.5, 0.6) is 11.5 Å². The lowest BCUT2D eigenvalue weighted by Crippen LogP contribution is -2.00. The second-order valence-corrected chi connectivity index (χ2v) is 4.83. The highest BCUT2D eigenvalue weighted by atomic mass is 16.3. The largest absolute Gasteiger partial charge is 0.507 e. The highest BCUT2D eigenvalue weighted by Gasteiger charge is 2.19. The molecule has 2 aromatic carbocycles. The minimum Gasteiger partial charge on any atom is -0.507 e. The van der Waals surface area contributed by atoms with Crippen LogP contribution in [-0.4, -0.2) is 10.2 Å². The third kappa shape index (κ3) is 1.74. The Labute approximate surface area is 107 Å². The van der Waals surface area contributed by atoms with E-state index in [1.54, 1.807) is 12.1 Å². The van der Waals surface area contributed by atoms with E-state index in [9.17, 15) is 10.2 Å². The van der Waals surface area contributed by atoms with E-state index in [0.29, 0.717) is 0 Å². The van der Waals surface area contributed by atoms with E-state index < -0.39 is 0 Å². The standard InChI is InChI=1S/C16H16O2/c17-13-9-3-7-11-5-1-2-6-12-8-4-10-14(18)16(12)15(11)13/h3-4,7-10,17-18H,1-2,5-6H2. The zero-order valence-corrected chi connectivity index (χ0v) is 10.2. The van der Waals surface area contributed by atoms with E-state index in [1.807, 2.05) is 24.3 Å². The molecular formula is C16H16O2. The van der Waals surface area contributed by atoms with Crippen molar-refractivity contribution in [2.24, 2.45) is 0 Å². The number of rotatable bonds is 0. The summed E-state index contributed by atoms with van der Waals surface area (Å²) in [7, 11) is 0. The molecule has 0 atom stereocenters. The number of phenols is 2. The molecule has 0 unspecified atom stereocenters. The quantitative estimate of drug-likeness (QED) is 0.738. The van der Waals surface area contributed by atoms with E-state index in [0.717, 1.165) is 47.9 Å². The first-order valence-electron chi connectivity index (χ1n) is 6.39. The van der Waals surface area contributed by atoms with E-state index in [-0.39, 0.29) is 11.5 Å². The molecular weight excluding hydrogens is 224 g/mol. The fourth-order valence-electron chi connectivity index (χ4n) is 2.80. The van der Waals surface area contributed by atoms with Crippen molar-refractivity contribution in [1.82, 2.24) is 0 Å². The molecule has 3 rings (SSSR count). The second kappa shape index (κ2) is 4.37. The summed E-state index contributed by atoms with van der Waals surface area (Å²) in [6, 6.07) is 11.2. The van der Waals surface area contributed by atoms with Crippen molar-refractivity contribution in [1.29, 1.82) is 0 Å². The molecule has 0 saturated heterocycles. The van der Waals surface area contributed by atoms with Gasteiger partial charge in [0.2, 0.25) is 0 Å². The first-order valence-corrected chi connectivity index (χ1v) is 6.39. The number of hydrogen-bond donors (Lipinski definition) is 2. The Morgan fingerprint density at radius 2 is 1.11 bits per heavy atom. The Kier molecular flexibility index (Phi) is 2.71. The van der Waals surface area contributed by atoms with Gasteiger partial charge >= 0.3 is 0 Å². The van der Waals surface area contributed by atoms with Crippen LogP contribution in [-0.2, 0) is 12.8 Å². The second-order valence-electron chi connectivity index (χ2n) is 4.83. The predicted molar refractivity (Wildman–Crippen MR) is 71.8 cm³/mol. The molecule has 2 nitrogen and oxygen atoms in total. The van der Waals surface area contributed by atoms with Crippen molar-refractivity contribution < 1.29 is 10.2 Å². The molecule has 2 N–H and O–H groups in total. The summed E-state index contributed by atoms with van der Waals surface area (Å²) in [5.41, 5.74) is 3.87. The zero-order valence-electron chi connectivity index (χ0n) is 10.2. The van der Waals surface area contributed by atoms with Gasteiger partial charge < -0.3 is 10.2 Å². The fraction of sp³-hybridized carbons (Fsp3) is 0.250. The van der Waals surface area contributed by atoms with Gasteiger partial charge in [-0.1, -0.05) is 24.3 Å². The zero-order chi connectivity index (χ0) is 12.5. The lowest BCUT2D eigenvalue weighted by atomic mass is 9.87. The van der Waals surface area contributed by atoms with E-state index in [4.69, 9.17) is 0 Å². The minimum absolute atomic E-state index is 0.261. The monoisotopic (exact) mass is 240 g/mol. The number of fused-ring (bicyclic) bond motifs is 3. The van der Waals surface area contributed by atoms with Gasteiger partial charge in [-0.25, -0.2) is 0 Å². The van der Waals surface area contributed by atoms with Crippen molar-refractivity contribution in [3.8, 4) is 22.6 Å². The third-order valence-corrected chi connectivity index (χ3v) is 3.65. The van der Waals surface area contributed by atoms with Gasteiger partial charge in [0.15, 0.2) is 0 Å². The molecule has 1 aliphatic rings. The smallest absolute Gasteiger partial charge is 0.123 e. The molecule has 0 saturated carbocycles. The first kappa shape index (κ1) is 11.1. The Balaban J connectivity index is 2.33. The maximum Gasteiger partial charge on any atom is 0.123 e. The highest BCUT2D eigenvalue weighted by molar-refractivity contribution is 5.81. The summed E-state index contributed by atoms with van der Waals surface area (Å²) in [4.78, 5) is 0. The van der Waals surface area contributed by atoms with Crippen LogP contribution < -0.4 is 0 Å². The average molecular weight is 240 g/mol. The topological polar surface area (TPSA) is 40.5 Å². The van der Waals surface area contributed by atoms with Crippen LogP contribution in [0, 0.1) is 0 Å². The van der Waals surface area contributed by atoms with E-state index in [2.05, 4.69) is 0 Å². The molecule has 92 valence electrons. The van der Waals surface area contributed by atoms with Crippen LogP contribution in [0.3, 0.4) is 0 Å². The summed E-state index contributed by atoms with van der Waals surface area (Å²) in [5.74, 6) is 0.523. The minimum atomic E-state index is 0.261. The number of aromatic hydroxyl groups is 2. The first-order chi connectivity index (χ1) is 8.77. The summed E-state index contributed by atoms with van der Waals surface area (Å²) >= 11 is 0. The van der Waals surface area contributed by atoms with E-state index >= 15 is 0 Å². The normalized spacial score (nSPS) is 14.2. The molecule has 1 aliphatic carbocycles. The number of benzene rings is 2. The number of hydrogen-bond acceptors (Lipinski definition) is 2. The molecule has 0 spiro atoms. The lowest BCUT2D eigenvalue weighted by Gasteiger charge is -2.19. The number of aryl methyl sites for hydroxylation is 2. The summed E-state index contributed by atoms with van der Waals surface area (Å²) in [5, 5.41) is 20.3. The maximum absolute atomic E-state index is 10.1. The van der Waals surface area contributed by atoms with Gasteiger partial charge in [0, 0.05) is 11.1 Å². The van der Waals surface area contributed by atoms with Gasteiger partial charge in [-0.3, -0.25) is 0 Å². The Morgan fingerprint density at radius 3 is 1.56 bits per heavy atom. The summed E-state index contributed by atoms with van der Waals surface area (Å²) < 4.78 is 0. The maximum atomic E-state index is 10.1. The Morgan fingerprint density at radius 1 is 0.667 bits per heavy atom. The van der Waals surface area contributed by atoms with Crippen LogP contribution in [0.25, 0.3) is 11.1 Å². The molecule has 0 fully saturated rings. The molecule has 0 aromatic heterocycles. The highest BCUT2D eigenvalue weighted by Crippen LogP contribution is 2.42. The van der Waals surface area contributed by atoms with Crippen LogP contribution >= 0.6 is 0 Å². The molecule has 2 aromatic rings. The number of phenolic OH excluding ortho intramolecular Hbond substituents is 2. The van der Waals surface area contributed by atoms with Crippen molar-refractivity contribution in [2.75, 3.05) is 0 Å². The Hall–Kier alpha value is -1.96. The Bertz CT molecular complexity index is 534.